The number of likely N-dealkylation sites (N-methyl/N-ethyl adjacent to an activating group) is 1. The van der Waals surface area contributed by atoms with Gasteiger partial charge in [0.05, 0.1) is 5.60 Å². The van der Waals surface area contributed by atoms with E-state index >= 15 is 0 Å². The summed E-state index contributed by atoms with van der Waals surface area (Å²) in [5, 5.41) is 13.8. The highest BCUT2D eigenvalue weighted by Crippen LogP contribution is 2.21. The Morgan fingerprint density at radius 2 is 2.00 bits per heavy atom. The first-order valence-corrected chi connectivity index (χ1v) is 6.74. The van der Waals surface area contributed by atoms with Crippen molar-refractivity contribution in [3.05, 3.63) is 0 Å². The van der Waals surface area contributed by atoms with Crippen molar-refractivity contribution >= 4 is 0 Å². The van der Waals surface area contributed by atoms with Crippen LogP contribution in [0.5, 0.6) is 0 Å². The summed E-state index contributed by atoms with van der Waals surface area (Å²) in [6, 6.07) is 0.556. The predicted molar refractivity (Wildman–Crippen MR) is 70.3 cm³/mol. The van der Waals surface area contributed by atoms with Crippen LogP contribution < -0.4 is 5.32 Å². The van der Waals surface area contributed by atoms with Crippen LogP contribution in [0.25, 0.3) is 0 Å². The van der Waals surface area contributed by atoms with E-state index in [-0.39, 0.29) is 0 Å². The van der Waals surface area contributed by atoms with Crippen molar-refractivity contribution in [1.29, 1.82) is 0 Å². The highest BCUT2D eigenvalue weighted by atomic mass is 16.5. The average molecular weight is 244 g/mol. The summed E-state index contributed by atoms with van der Waals surface area (Å²) in [5.74, 6) is 0. The molecule has 0 bridgehead atoms. The second-order valence-electron chi connectivity index (χ2n) is 5.54. The van der Waals surface area contributed by atoms with Gasteiger partial charge in [0, 0.05) is 38.6 Å². The summed E-state index contributed by atoms with van der Waals surface area (Å²) in [6.07, 6.45) is 2.66. The Morgan fingerprint density at radius 3 is 2.59 bits per heavy atom. The van der Waals surface area contributed by atoms with Crippen LogP contribution in [0.15, 0.2) is 0 Å². The Balaban J connectivity index is 2.13. The van der Waals surface area contributed by atoms with Gasteiger partial charge in [0.25, 0.3) is 0 Å². The van der Waals surface area contributed by atoms with Gasteiger partial charge >= 0.3 is 0 Å². The Hall–Kier alpha value is -0.160. The first-order valence-electron chi connectivity index (χ1n) is 6.74. The fraction of sp³-hybridized carbons (Fsp3) is 1.00. The van der Waals surface area contributed by atoms with Crippen LogP contribution in [0.4, 0.5) is 0 Å². The van der Waals surface area contributed by atoms with Gasteiger partial charge in [0.1, 0.15) is 0 Å². The first kappa shape index (κ1) is 14.9. The van der Waals surface area contributed by atoms with E-state index in [4.69, 9.17) is 4.74 Å². The summed E-state index contributed by atoms with van der Waals surface area (Å²) in [7, 11) is 2.09. The van der Waals surface area contributed by atoms with Gasteiger partial charge in [-0.25, -0.2) is 0 Å². The largest absolute Gasteiger partial charge is 0.388 e. The van der Waals surface area contributed by atoms with E-state index in [2.05, 4.69) is 31.1 Å². The van der Waals surface area contributed by atoms with E-state index in [1.165, 1.54) is 0 Å². The van der Waals surface area contributed by atoms with Crippen LogP contribution in [-0.2, 0) is 4.74 Å². The van der Waals surface area contributed by atoms with Crippen LogP contribution in [0.2, 0.25) is 0 Å². The molecule has 4 heteroatoms. The number of nitrogens with zero attached hydrogens (tertiary/aromatic N) is 1. The molecule has 0 atom stereocenters. The molecule has 1 saturated heterocycles. The van der Waals surface area contributed by atoms with Crippen LogP contribution in [0, 0.1) is 0 Å². The fourth-order valence-electron chi connectivity index (χ4n) is 2.23. The molecular formula is C13H28N2O2. The van der Waals surface area contributed by atoms with Gasteiger partial charge in [-0.3, -0.25) is 0 Å². The number of aliphatic hydroxyl groups is 1. The summed E-state index contributed by atoms with van der Waals surface area (Å²) in [5.41, 5.74) is -0.529. The van der Waals surface area contributed by atoms with E-state index in [0.717, 1.165) is 38.9 Å². The Labute approximate surface area is 105 Å². The van der Waals surface area contributed by atoms with E-state index in [1.807, 2.05) is 0 Å². The maximum absolute atomic E-state index is 10.3. The third kappa shape index (κ3) is 6.36. The highest BCUT2D eigenvalue weighted by Gasteiger charge is 2.30. The van der Waals surface area contributed by atoms with Gasteiger partial charge in [0.2, 0.25) is 0 Å². The quantitative estimate of drug-likeness (QED) is 0.652. The molecule has 2 N–H and O–H groups in total. The molecule has 4 nitrogen and oxygen atoms in total. The van der Waals surface area contributed by atoms with Gasteiger partial charge in [-0.1, -0.05) is 13.8 Å². The molecule has 0 radical (unpaired) electrons. The Bertz CT molecular complexity index is 204. The molecule has 1 heterocycles. The second kappa shape index (κ2) is 7.31. The lowest BCUT2D eigenvalue weighted by atomic mass is 9.94. The maximum atomic E-state index is 10.3. The summed E-state index contributed by atoms with van der Waals surface area (Å²) >= 11 is 0. The summed E-state index contributed by atoms with van der Waals surface area (Å²) < 4.78 is 5.28. The zero-order valence-corrected chi connectivity index (χ0v) is 11.5. The minimum absolute atomic E-state index is 0.529. The lowest BCUT2D eigenvalue weighted by Gasteiger charge is -2.35. The predicted octanol–water partition coefficient (Wildman–Crippen LogP) is 0.848. The highest BCUT2D eigenvalue weighted by molar-refractivity contribution is 4.83. The van der Waals surface area contributed by atoms with Crippen LogP contribution in [0.1, 0.15) is 33.1 Å². The lowest BCUT2D eigenvalue weighted by Crippen LogP contribution is -2.46. The van der Waals surface area contributed by atoms with Crippen LogP contribution in [0.3, 0.4) is 0 Å². The normalized spacial score (nSPS) is 20.1. The molecule has 1 aliphatic rings. The molecule has 0 aliphatic carbocycles. The number of nitrogens with one attached hydrogen (secondary N) is 1. The molecule has 17 heavy (non-hydrogen) atoms. The average Bonchev–Trinajstić information content (AvgIpc) is 2.24. The third-order valence-electron chi connectivity index (χ3n) is 3.26. The zero-order valence-electron chi connectivity index (χ0n) is 11.5. The minimum atomic E-state index is -0.529. The maximum Gasteiger partial charge on any atom is 0.0817 e. The standard InChI is InChI=1S/C13H28N2O2/c1-12(2)14-7-4-8-15(3)11-13(16)5-9-17-10-6-13/h12,14,16H,4-11H2,1-3H3. The van der Waals surface area contributed by atoms with Crippen LogP contribution in [-0.4, -0.2) is 61.5 Å². The van der Waals surface area contributed by atoms with E-state index in [1.54, 1.807) is 0 Å². The zero-order chi connectivity index (χ0) is 12.7. The monoisotopic (exact) mass is 244 g/mol. The number of ether oxygens (including phenoxy) is 1. The molecule has 0 aromatic carbocycles. The van der Waals surface area contributed by atoms with Gasteiger partial charge in [-0.2, -0.15) is 0 Å². The molecular weight excluding hydrogens is 216 g/mol. The molecule has 1 rings (SSSR count). The van der Waals surface area contributed by atoms with Crippen molar-refractivity contribution in [3.8, 4) is 0 Å². The SMILES string of the molecule is CC(C)NCCCN(C)CC1(O)CCOCC1. The second-order valence-corrected chi connectivity index (χ2v) is 5.54. The van der Waals surface area contributed by atoms with Crippen molar-refractivity contribution in [2.24, 2.45) is 0 Å². The first-order chi connectivity index (χ1) is 8.02. The van der Waals surface area contributed by atoms with Crippen molar-refractivity contribution < 1.29 is 9.84 Å². The lowest BCUT2D eigenvalue weighted by molar-refractivity contribution is -0.0768. The molecule has 0 aromatic heterocycles. The van der Waals surface area contributed by atoms with E-state index < -0.39 is 5.60 Å². The van der Waals surface area contributed by atoms with Crippen LogP contribution >= 0.6 is 0 Å². The molecule has 1 aliphatic heterocycles. The molecule has 0 aromatic rings. The molecule has 0 amide bonds. The van der Waals surface area contributed by atoms with Crippen molar-refractivity contribution in [2.75, 3.05) is 39.9 Å². The molecule has 102 valence electrons. The minimum Gasteiger partial charge on any atom is -0.388 e. The summed E-state index contributed by atoms with van der Waals surface area (Å²) in [4.78, 5) is 2.23. The topological polar surface area (TPSA) is 44.7 Å². The number of hydrogen-bond donors (Lipinski definition) is 2. The number of rotatable bonds is 7. The molecule has 1 fully saturated rings. The smallest absolute Gasteiger partial charge is 0.0817 e. The molecule has 0 saturated carbocycles. The van der Waals surface area contributed by atoms with Gasteiger partial charge < -0.3 is 20.1 Å². The third-order valence-corrected chi connectivity index (χ3v) is 3.26. The van der Waals surface area contributed by atoms with Crippen molar-refractivity contribution in [3.63, 3.8) is 0 Å². The van der Waals surface area contributed by atoms with Crippen molar-refractivity contribution in [1.82, 2.24) is 10.2 Å². The van der Waals surface area contributed by atoms with E-state index in [0.29, 0.717) is 19.3 Å². The van der Waals surface area contributed by atoms with Gasteiger partial charge in [-0.05, 0) is 26.6 Å². The Morgan fingerprint density at radius 1 is 1.35 bits per heavy atom. The number of hydrogen-bond acceptors (Lipinski definition) is 4. The van der Waals surface area contributed by atoms with Gasteiger partial charge in [0.15, 0.2) is 0 Å². The summed E-state index contributed by atoms with van der Waals surface area (Å²) in [6.45, 7) is 8.55. The van der Waals surface area contributed by atoms with E-state index in [9.17, 15) is 5.11 Å². The fourth-order valence-corrected chi connectivity index (χ4v) is 2.23. The van der Waals surface area contributed by atoms with Gasteiger partial charge in [-0.15, -0.1) is 0 Å². The molecule has 0 spiro atoms. The Kier molecular flexibility index (Phi) is 6.41. The van der Waals surface area contributed by atoms with Crippen molar-refractivity contribution in [2.45, 2.75) is 44.8 Å². The molecule has 0 unspecified atom stereocenters.